The van der Waals surface area contributed by atoms with E-state index in [1.54, 1.807) is 12.1 Å². The van der Waals surface area contributed by atoms with Gasteiger partial charge in [0.2, 0.25) is 0 Å². The molecule has 24 heavy (non-hydrogen) atoms. The summed E-state index contributed by atoms with van der Waals surface area (Å²) in [6.07, 6.45) is 4.72. The number of aromatic hydroxyl groups is 2. The van der Waals surface area contributed by atoms with Gasteiger partial charge in [-0.15, -0.1) is 0 Å². The minimum Gasteiger partial charge on any atom is -0.508 e. The molecule has 2 atom stereocenters. The topological polar surface area (TPSA) is 64.5 Å². The Hall–Kier alpha value is -2.04. The van der Waals surface area contributed by atoms with E-state index in [9.17, 15) is 10.2 Å². The van der Waals surface area contributed by atoms with E-state index >= 15 is 0 Å². The highest BCUT2D eigenvalue weighted by molar-refractivity contribution is 5.32. The molecule has 1 aliphatic carbocycles. The van der Waals surface area contributed by atoms with E-state index in [1.165, 1.54) is 12.8 Å². The molecule has 2 aromatic carbocycles. The molecule has 4 N–H and O–H groups in total. The van der Waals surface area contributed by atoms with E-state index in [0.717, 1.165) is 24.0 Å². The van der Waals surface area contributed by atoms with Crippen LogP contribution in [0, 0.1) is 0 Å². The van der Waals surface area contributed by atoms with Crippen LogP contribution in [0.25, 0.3) is 0 Å². The molecule has 128 valence electrons. The van der Waals surface area contributed by atoms with Gasteiger partial charge >= 0.3 is 0 Å². The largest absolute Gasteiger partial charge is 0.508 e. The molecule has 0 amide bonds. The van der Waals surface area contributed by atoms with Crippen molar-refractivity contribution in [1.29, 1.82) is 0 Å². The normalized spacial score (nSPS) is 20.8. The lowest BCUT2D eigenvalue weighted by atomic mass is 9.90. The lowest BCUT2D eigenvalue weighted by molar-refractivity contribution is 0.279. The number of phenols is 2. The Balaban J connectivity index is 1.57. The van der Waals surface area contributed by atoms with Crippen LogP contribution in [0.2, 0.25) is 0 Å². The fraction of sp³-hybridized carbons (Fsp3) is 0.400. The van der Waals surface area contributed by atoms with E-state index in [1.807, 2.05) is 36.4 Å². The second kappa shape index (κ2) is 8.18. The molecule has 4 nitrogen and oxygen atoms in total. The zero-order chi connectivity index (χ0) is 16.8. The average molecular weight is 326 g/mol. The van der Waals surface area contributed by atoms with Crippen LogP contribution < -0.4 is 10.6 Å². The maximum atomic E-state index is 9.91. The number of rotatable bonds is 6. The molecule has 0 aromatic heterocycles. The van der Waals surface area contributed by atoms with Crippen molar-refractivity contribution in [3.8, 4) is 11.5 Å². The molecular formula is C20H26N2O2. The van der Waals surface area contributed by atoms with Crippen LogP contribution in [-0.4, -0.2) is 22.3 Å². The maximum Gasteiger partial charge on any atom is 0.120 e. The Kier molecular flexibility index (Phi) is 5.72. The quantitative estimate of drug-likeness (QED) is 0.658. The van der Waals surface area contributed by atoms with Crippen LogP contribution in [0.1, 0.15) is 36.8 Å². The van der Waals surface area contributed by atoms with Crippen LogP contribution in [0.3, 0.4) is 0 Å². The van der Waals surface area contributed by atoms with Crippen molar-refractivity contribution in [1.82, 2.24) is 10.6 Å². The summed E-state index contributed by atoms with van der Waals surface area (Å²) in [5, 5.41) is 27.0. The lowest BCUT2D eigenvalue weighted by Gasteiger charge is -2.33. The van der Waals surface area contributed by atoms with Crippen molar-refractivity contribution in [3.05, 3.63) is 59.7 Å². The number of hydrogen-bond donors (Lipinski definition) is 4. The van der Waals surface area contributed by atoms with Crippen molar-refractivity contribution in [2.24, 2.45) is 0 Å². The molecule has 1 saturated carbocycles. The summed E-state index contributed by atoms with van der Waals surface area (Å²) in [6, 6.07) is 15.7. The van der Waals surface area contributed by atoms with E-state index in [2.05, 4.69) is 10.6 Å². The van der Waals surface area contributed by atoms with Gasteiger partial charge in [0.1, 0.15) is 11.5 Å². The minimum absolute atomic E-state index is 0.347. The second-order valence-corrected chi connectivity index (χ2v) is 6.52. The minimum atomic E-state index is 0.347. The zero-order valence-corrected chi connectivity index (χ0v) is 13.9. The molecule has 4 heteroatoms. The van der Waals surface area contributed by atoms with Crippen LogP contribution in [0.4, 0.5) is 0 Å². The predicted molar refractivity (Wildman–Crippen MR) is 95.9 cm³/mol. The van der Waals surface area contributed by atoms with Crippen molar-refractivity contribution in [2.45, 2.75) is 50.9 Å². The van der Waals surface area contributed by atoms with E-state index in [-0.39, 0.29) is 0 Å². The van der Waals surface area contributed by atoms with Crippen LogP contribution in [0.5, 0.6) is 11.5 Å². The summed E-state index contributed by atoms with van der Waals surface area (Å²) in [5.74, 6) is 0.694. The van der Waals surface area contributed by atoms with Gasteiger partial charge in [0.25, 0.3) is 0 Å². The highest BCUT2D eigenvalue weighted by Crippen LogP contribution is 2.22. The van der Waals surface area contributed by atoms with E-state index < -0.39 is 0 Å². The first-order valence-electron chi connectivity index (χ1n) is 8.74. The molecule has 0 bridgehead atoms. The van der Waals surface area contributed by atoms with Gasteiger partial charge in [-0.2, -0.15) is 0 Å². The van der Waals surface area contributed by atoms with E-state index in [0.29, 0.717) is 36.7 Å². The number of phenolic OH excluding ortho intramolecular Hbond substituents is 2. The Labute approximate surface area is 143 Å². The first kappa shape index (κ1) is 16.8. The first-order chi connectivity index (χ1) is 11.7. The van der Waals surface area contributed by atoms with Gasteiger partial charge in [-0.3, -0.25) is 0 Å². The standard InChI is InChI=1S/C20H26N2O2/c23-19-11-5-1-7-15(19)13-21-17-9-3-4-10-18(17)22-14-16-8-2-6-12-20(16)24/h1-2,5-8,11-12,17-18,21-24H,3-4,9-10,13-14H2/t17-,18?/m1/s1. The van der Waals surface area contributed by atoms with Crippen molar-refractivity contribution in [2.75, 3.05) is 0 Å². The molecule has 0 spiro atoms. The molecule has 3 rings (SSSR count). The van der Waals surface area contributed by atoms with Crippen molar-refractivity contribution < 1.29 is 10.2 Å². The predicted octanol–water partition coefficient (Wildman–Crippen LogP) is 3.29. The zero-order valence-electron chi connectivity index (χ0n) is 13.9. The van der Waals surface area contributed by atoms with E-state index in [4.69, 9.17) is 0 Å². The van der Waals surface area contributed by atoms with Gasteiger partial charge in [-0.05, 0) is 25.0 Å². The summed E-state index contributed by atoms with van der Waals surface area (Å²) in [5.41, 5.74) is 1.87. The Morgan fingerprint density at radius 2 is 1.12 bits per heavy atom. The first-order valence-corrected chi connectivity index (χ1v) is 8.74. The summed E-state index contributed by atoms with van der Waals surface area (Å²) in [7, 11) is 0. The van der Waals surface area contributed by atoms with Crippen LogP contribution in [-0.2, 0) is 13.1 Å². The highest BCUT2D eigenvalue weighted by Gasteiger charge is 2.24. The summed E-state index contributed by atoms with van der Waals surface area (Å²) >= 11 is 0. The molecule has 1 aliphatic rings. The molecule has 1 unspecified atom stereocenters. The maximum absolute atomic E-state index is 9.91. The lowest BCUT2D eigenvalue weighted by Crippen LogP contribution is -2.49. The van der Waals surface area contributed by atoms with Crippen molar-refractivity contribution >= 4 is 0 Å². The van der Waals surface area contributed by atoms with Gasteiger partial charge in [-0.1, -0.05) is 49.2 Å². The third-order valence-electron chi connectivity index (χ3n) is 4.86. The van der Waals surface area contributed by atoms with Gasteiger partial charge in [0, 0.05) is 36.3 Å². The molecule has 0 saturated heterocycles. The smallest absolute Gasteiger partial charge is 0.120 e. The van der Waals surface area contributed by atoms with Gasteiger partial charge in [-0.25, -0.2) is 0 Å². The summed E-state index contributed by atoms with van der Waals surface area (Å²) in [4.78, 5) is 0. The Morgan fingerprint density at radius 3 is 1.54 bits per heavy atom. The third kappa shape index (κ3) is 4.28. The molecule has 0 heterocycles. The SMILES string of the molecule is Oc1ccccc1CNC1CCCC[C@H]1NCc1ccccc1O. The van der Waals surface area contributed by atoms with Crippen molar-refractivity contribution in [3.63, 3.8) is 0 Å². The Morgan fingerprint density at radius 1 is 0.708 bits per heavy atom. The summed E-state index contributed by atoms with van der Waals surface area (Å²) < 4.78 is 0. The van der Waals surface area contributed by atoms with Crippen LogP contribution in [0.15, 0.2) is 48.5 Å². The van der Waals surface area contributed by atoms with Gasteiger partial charge in [0.15, 0.2) is 0 Å². The molecular weight excluding hydrogens is 300 g/mol. The monoisotopic (exact) mass is 326 g/mol. The number of benzene rings is 2. The van der Waals surface area contributed by atoms with Gasteiger partial charge in [0.05, 0.1) is 0 Å². The molecule has 2 aromatic rings. The average Bonchev–Trinajstić information content (AvgIpc) is 2.61. The fourth-order valence-corrected chi connectivity index (χ4v) is 3.42. The number of hydrogen-bond acceptors (Lipinski definition) is 4. The summed E-state index contributed by atoms with van der Waals surface area (Å²) in [6.45, 7) is 1.35. The molecule has 0 aliphatic heterocycles. The van der Waals surface area contributed by atoms with Crippen LogP contribution >= 0.6 is 0 Å². The second-order valence-electron chi connectivity index (χ2n) is 6.52. The molecule has 0 radical (unpaired) electrons. The highest BCUT2D eigenvalue weighted by atomic mass is 16.3. The van der Waals surface area contributed by atoms with Gasteiger partial charge < -0.3 is 20.8 Å². The third-order valence-corrected chi connectivity index (χ3v) is 4.86. The molecule has 1 fully saturated rings. The number of nitrogens with one attached hydrogen (secondary N) is 2. The Bertz CT molecular complexity index is 602. The number of para-hydroxylation sites is 2. The fourth-order valence-electron chi connectivity index (χ4n) is 3.42.